The molecule has 0 saturated carbocycles. The van der Waals surface area contributed by atoms with Gasteiger partial charge in [-0.15, -0.1) is 0 Å². The van der Waals surface area contributed by atoms with Crippen molar-refractivity contribution in [1.82, 2.24) is 9.97 Å². The van der Waals surface area contributed by atoms with Crippen LogP contribution in [-0.4, -0.2) is 24.9 Å². The molecular weight excluding hydrogens is 423 g/mol. The SMILES string of the molecule is Cc1nc2cc(C(F)(F)F)c(C(N)CCO[Si](C(C)C)(C(C)C)C(C)C)cc2c(=O)[nH]1. The minimum absolute atomic E-state index is 0.00613. The summed E-state index contributed by atoms with van der Waals surface area (Å²) in [6, 6.07) is 1.23. The number of hydrogen-bond acceptors (Lipinski definition) is 4. The van der Waals surface area contributed by atoms with Crippen LogP contribution in [-0.2, 0) is 10.6 Å². The van der Waals surface area contributed by atoms with Gasteiger partial charge in [-0.3, -0.25) is 4.79 Å². The number of nitrogens with two attached hydrogens (primary N) is 1. The molecule has 9 heteroatoms. The van der Waals surface area contributed by atoms with Crippen molar-refractivity contribution in [2.24, 2.45) is 5.73 Å². The van der Waals surface area contributed by atoms with Crippen LogP contribution in [0.25, 0.3) is 10.9 Å². The average molecular weight is 458 g/mol. The lowest BCUT2D eigenvalue weighted by Crippen LogP contribution is -2.48. The second kappa shape index (κ2) is 9.42. The summed E-state index contributed by atoms with van der Waals surface area (Å²) in [6.07, 6.45) is -4.38. The number of hydrogen-bond donors (Lipinski definition) is 2. The Morgan fingerprint density at radius 1 is 1.10 bits per heavy atom. The maximum atomic E-state index is 13.8. The molecule has 1 heterocycles. The third kappa shape index (κ3) is 5.20. The highest BCUT2D eigenvalue weighted by Crippen LogP contribution is 2.43. The first-order valence-electron chi connectivity index (χ1n) is 10.7. The van der Waals surface area contributed by atoms with Gasteiger partial charge in [0.05, 0.1) is 16.5 Å². The molecule has 2 aromatic rings. The highest BCUT2D eigenvalue weighted by atomic mass is 28.4. The highest BCUT2D eigenvalue weighted by molar-refractivity contribution is 6.77. The fraction of sp³-hybridized carbons (Fsp3) is 0.636. The largest absolute Gasteiger partial charge is 0.416 e. The molecule has 1 aromatic heterocycles. The Hall–Kier alpha value is -1.71. The van der Waals surface area contributed by atoms with Crippen molar-refractivity contribution in [2.45, 2.75) is 83.7 Å². The molecule has 0 saturated heterocycles. The van der Waals surface area contributed by atoms with Crippen LogP contribution in [0.3, 0.4) is 0 Å². The molecule has 174 valence electrons. The fourth-order valence-electron chi connectivity index (χ4n) is 4.89. The zero-order valence-corrected chi connectivity index (χ0v) is 20.4. The predicted octanol–water partition coefficient (Wildman–Crippen LogP) is 5.83. The first-order valence-corrected chi connectivity index (χ1v) is 12.9. The molecule has 0 radical (unpaired) electrons. The summed E-state index contributed by atoms with van der Waals surface area (Å²) in [4.78, 5) is 18.8. The van der Waals surface area contributed by atoms with E-state index in [1.165, 1.54) is 13.0 Å². The van der Waals surface area contributed by atoms with Gasteiger partial charge in [-0.25, -0.2) is 4.98 Å². The van der Waals surface area contributed by atoms with Gasteiger partial charge < -0.3 is 15.1 Å². The molecule has 0 aliphatic carbocycles. The summed E-state index contributed by atoms with van der Waals surface area (Å²) in [6.45, 7) is 14.7. The molecule has 31 heavy (non-hydrogen) atoms. The molecule has 0 bridgehead atoms. The number of aryl methyl sites for hydroxylation is 1. The van der Waals surface area contributed by atoms with Crippen molar-refractivity contribution in [3.05, 3.63) is 39.4 Å². The highest BCUT2D eigenvalue weighted by Gasteiger charge is 2.45. The Morgan fingerprint density at radius 3 is 2.13 bits per heavy atom. The van der Waals surface area contributed by atoms with Crippen LogP contribution >= 0.6 is 0 Å². The maximum Gasteiger partial charge on any atom is 0.416 e. The average Bonchev–Trinajstić information content (AvgIpc) is 2.62. The van der Waals surface area contributed by atoms with Gasteiger partial charge in [0.25, 0.3) is 5.56 Å². The molecule has 1 aromatic carbocycles. The van der Waals surface area contributed by atoms with Crippen LogP contribution in [0.1, 0.15) is 71.0 Å². The van der Waals surface area contributed by atoms with E-state index in [-0.39, 0.29) is 35.3 Å². The molecule has 1 unspecified atom stereocenters. The van der Waals surface area contributed by atoms with Crippen LogP contribution in [0.5, 0.6) is 0 Å². The number of fused-ring (bicyclic) bond motifs is 1. The number of H-pyrrole nitrogens is 1. The number of benzene rings is 1. The van der Waals surface area contributed by atoms with Gasteiger partial charge in [0.2, 0.25) is 0 Å². The Labute approximate surface area is 182 Å². The first-order chi connectivity index (χ1) is 14.2. The molecule has 3 N–H and O–H groups in total. The van der Waals surface area contributed by atoms with Crippen molar-refractivity contribution >= 4 is 19.2 Å². The molecule has 2 rings (SSSR count). The minimum atomic E-state index is -4.60. The number of alkyl halides is 3. The van der Waals surface area contributed by atoms with Crippen molar-refractivity contribution in [3.8, 4) is 0 Å². The smallest absolute Gasteiger partial charge is 0.416 e. The molecular formula is C22H34F3N3O2Si. The second-order valence-corrected chi connectivity index (χ2v) is 14.6. The molecule has 0 spiro atoms. The summed E-state index contributed by atoms with van der Waals surface area (Å²) < 4.78 is 47.8. The monoisotopic (exact) mass is 457 g/mol. The lowest BCUT2D eigenvalue weighted by molar-refractivity contribution is -0.138. The number of aromatic nitrogens is 2. The van der Waals surface area contributed by atoms with Gasteiger partial charge in [0.1, 0.15) is 5.82 Å². The summed E-state index contributed by atoms with van der Waals surface area (Å²) in [7, 11) is -2.15. The van der Waals surface area contributed by atoms with Gasteiger partial charge in [-0.2, -0.15) is 13.2 Å². The van der Waals surface area contributed by atoms with E-state index in [4.69, 9.17) is 10.2 Å². The molecule has 1 atom stereocenters. The van der Waals surface area contributed by atoms with E-state index in [1.54, 1.807) is 0 Å². The van der Waals surface area contributed by atoms with E-state index in [2.05, 4.69) is 51.5 Å². The summed E-state index contributed by atoms with van der Waals surface area (Å²) in [5.74, 6) is 0.258. The zero-order chi connectivity index (χ0) is 23.7. The van der Waals surface area contributed by atoms with Crippen LogP contribution in [0, 0.1) is 6.92 Å². The zero-order valence-electron chi connectivity index (χ0n) is 19.4. The molecule has 0 aliphatic heterocycles. The molecule has 0 aliphatic rings. The van der Waals surface area contributed by atoms with E-state index < -0.39 is 31.7 Å². The van der Waals surface area contributed by atoms with Crippen LogP contribution in [0.15, 0.2) is 16.9 Å². The maximum absolute atomic E-state index is 13.8. The quantitative estimate of drug-likeness (QED) is 0.489. The van der Waals surface area contributed by atoms with E-state index in [1.807, 2.05) is 0 Å². The van der Waals surface area contributed by atoms with Gasteiger partial charge >= 0.3 is 6.18 Å². The lowest BCUT2D eigenvalue weighted by Gasteiger charge is -2.42. The van der Waals surface area contributed by atoms with Gasteiger partial charge in [-0.05, 0) is 47.7 Å². The molecule has 0 fully saturated rings. The summed E-state index contributed by atoms with van der Waals surface area (Å²) >= 11 is 0. The third-order valence-corrected chi connectivity index (χ3v) is 12.3. The van der Waals surface area contributed by atoms with Gasteiger partial charge in [0, 0.05) is 12.6 Å². The van der Waals surface area contributed by atoms with Crippen molar-refractivity contribution in [2.75, 3.05) is 6.61 Å². The third-order valence-electron chi connectivity index (χ3n) is 6.19. The number of nitrogens with one attached hydrogen (secondary N) is 1. The standard InChI is InChI=1S/C22H34F3N3O2Si/c1-12(2)31(13(3)4,14(5)6)30-9-8-19(26)16-10-17-20(11-18(16)22(23,24)25)27-15(7)28-21(17)29/h10-14,19H,8-9,26H2,1-7H3,(H,27,28,29). The van der Waals surface area contributed by atoms with Crippen molar-refractivity contribution in [3.63, 3.8) is 0 Å². The first kappa shape index (κ1) is 25.5. The van der Waals surface area contributed by atoms with Gasteiger partial charge in [-0.1, -0.05) is 41.5 Å². The number of aromatic amines is 1. The summed E-state index contributed by atoms with van der Waals surface area (Å²) in [5.41, 5.74) is 5.88. The topological polar surface area (TPSA) is 81.0 Å². The molecule has 5 nitrogen and oxygen atoms in total. The van der Waals surface area contributed by atoms with Crippen LogP contribution in [0.2, 0.25) is 16.6 Å². The van der Waals surface area contributed by atoms with E-state index in [0.29, 0.717) is 16.6 Å². The van der Waals surface area contributed by atoms with Gasteiger partial charge in [0.15, 0.2) is 8.32 Å². The van der Waals surface area contributed by atoms with E-state index in [0.717, 1.165) is 6.07 Å². The number of rotatable bonds is 8. The Balaban J connectivity index is 2.39. The Morgan fingerprint density at radius 2 is 1.65 bits per heavy atom. The fourth-order valence-corrected chi connectivity index (χ4v) is 10.4. The lowest BCUT2D eigenvalue weighted by atomic mass is 9.96. The molecule has 0 amide bonds. The number of nitrogens with zero attached hydrogens (tertiary/aromatic N) is 1. The van der Waals surface area contributed by atoms with Crippen molar-refractivity contribution in [1.29, 1.82) is 0 Å². The minimum Gasteiger partial charge on any atom is -0.416 e. The number of halogens is 3. The van der Waals surface area contributed by atoms with Crippen molar-refractivity contribution < 1.29 is 17.6 Å². The normalized spacial score (nSPS) is 14.3. The van der Waals surface area contributed by atoms with E-state index in [9.17, 15) is 18.0 Å². The van der Waals surface area contributed by atoms with Crippen LogP contribution in [0.4, 0.5) is 13.2 Å². The van der Waals surface area contributed by atoms with E-state index >= 15 is 0 Å². The predicted molar refractivity (Wildman–Crippen MR) is 121 cm³/mol. The Kier molecular flexibility index (Phi) is 7.76. The summed E-state index contributed by atoms with van der Waals surface area (Å²) in [5, 5.41) is 0.0974. The van der Waals surface area contributed by atoms with Crippen LogP contribution < -0.4 is 11.3 Å². The second-order valence-electron chi connectivity index (χ2n) is 9.17. The Bertz CT molecular complexity index is 949.